The van der Waals surface area contributed by atoms with E-state index in [1.54, 1.807) is 13.8 Å². The normalized spacial score (nSPS) is 13.7. The highest BCUT2D eigenvalue weighted by molar-refractivity contribution is 5.91. The molecular weight excluding hydrogens is 312 g/mol. The van der Waals surface area contributed by atoms with E-state index < -0.39 is 36.1 Å². The lowest BCUT2D eigenvalue weighted by Gasteiger charge is -2.16. The Labute approximate surface area is 132 Å². The van der Waals surface area contributed by atoms with Crippen molar-refractivity contribution in [2.45, 2.75) is 26.1 Å². The SMILES string of the molecule is CC(COC(=O)/C=C/C(=O)O)OCC(C)OC(=O)/C=C/C(=O)O. The Kier molecular flexibility index (Phi) is 9.69. The Morgan fingerprint density at radius 1 is 0.826 bits per heavy atom. The lowest BCUT2D eigenvalue weighted by molar-refractivity contribution is -0.149. The van der Waals surface area contributed by atoms with Crippen LogP contribution in [0.4, 0.5) is 0 Å². The van der Waals surface area contributed by atoms with Crippen LogP contribution in [0.25, 0.3) is 0 Å². The molecule has 0 aromatic heterocycles. The molecule has 2 unspecified atom stereocenters. The summed E-state index contributed by atoms with van der Waals surface area (Å²) in [4.78, 5) is 42.7. The molecule has 2 atom stereocenters. The van der Waals surface area contributed by atoms with E-state index in [4.69, 9.17) is 24.4 Å². The maximum Gasteiger partial charge on any atom is 0.331 e. The number of hydrogen-bond acceptors (Lipinski definition) is 7. The van der Waals surface area contributed by atoms with Gasteiger partial charge in [0.05, 0.1) is 12.7 Å². The van der Waals surface area contributed by atoms with Crippen molar-refractivity contribution in [2.24, 2.45) is 0 Å². The molecule has 0 aromatic carbocycles. The third-order valence-electron chi connectivity index (χ3n) is 2.12. The average molecular weight is 330 g/mol. The Morgan fingerprint density at radius 2 is 1.35 bits per heavy atom. The predicted octanol–water partition coefficient (Wildman–Crippen LogP) is 0.148. The van der Waals surface area contributed by atoms with Crippen LogP contribution in [0, 0.1) is 0 Å². The molecule has 0 aliphatic rings. The third kappa shape index (κ3) is 12.8. The van der Waals surface area contributed by atoms with Crippen LogP contribution < -0.4 is 0 Å². The molecule has 0 saturated carbocycles. The van der Waals surface area contributed by atoms with E-state index >= 15 is 0 Å². The molecule has 0 aliphatic carbocycles. The number of esters is 2. The second kappa shape index (κ2) is 11.0. The second-order valence-corrected chi connectivity index (χ2v) is 4.36. The minimum Gasteiger partial charge on any atom is -0.478 e. The topological polar surface area (TPSA) is 136 Å². The molecule has 23 heavy (non-hydrogen) atoms. The van der Waals surface area contributed by atoms with Gasteiger partial charge in [-0.15, -0.1) is 0 Å². The summed E-state index contributed by atoms with van der Waals surface area (Å²) in [5.41, 5.74) is 0. The van der Waals surface area contributed by atoms with Gasteiger partial charge in [0.25, 0.3) is 0 Å². The summed E-state index contributed by atoms with van der Waals surface area (Å²) in [6, 6.07) is 0. The minimum atomic E-state index is -1.27. The van der Waals surface area contributed by atoms with Gasteiger partial charge in [-0.2, -0.15) is 0 Å². The summed E-state index contributed by atoms with van der Waals surface area (Å²) in [5.74, 6) is -4.17. The van der Waals surface area contributed by atoms with E-state index in [2.05, 4.69) is 0 Å². The first-order valence-corrected chi connectivity index (χ1v) is 6.51. The zero-order chi connectivity index (χ0) is 17.8. The molecule has 0 heterocycles. The number of ether oxygens (including phenoxy) is 3. The molecule has 0 rings (SSSR count). The largest absolute Gasteiger partial charge is 0.478 e. The first kappa shape index (κ1) is 20.3. The highest BCUT2D eigenvalue weighted by Crippen LogP contribution is 1.99. The van der Waals surface area contributed by atoms with E-state index in [1.165, 1.54) is 0 Å². The lowest BCUT2D eigenvalue weighted by atomic mass is 10.4. The van der Waals surface area contributed by atoms with Crippen LogP contribution in [0.5, 0.6) is 0 Å². The molecule has 128 valence electrons. The number of carbonyl (C=O) groups excluding carboxylic acids is 2. The van der Waals surface area contributed by atoms with Crippen molar-refractivity contribution >= 4 is 23.9 Å². The van der Waals surface area contributed by atoms with Crippen LogP contribution in [0.15, 0.2) is 24.3 Å². The van der Waals surface area contributed by atoms with Crippen LogP contribution in [-0.4, -0.2) is 59.5 Å². The molecule has 0 aromatic rings. The van der Waals surface area contributed by atoms with Gasteiger partial charge in [-0.3, -0.25) is 0 Å². The number of carboxylic acids is 2. The summed E-state index contributed by atoms with van der Waals surface area (Å²) in [6.45, 7) is 3.05. The molecule has 9 nitrogen and oxygen atoms in total. The maximum atomic E-state index is 11.2. The Hall–Kier alpha value is -2.68. The van der Waals surface area contributed by atoms with E-state index in [-0.39, 0.29) is 13.2 Å². The fourth-order valence-corrected chi connectivity index (χ4v) is 1.15. The predicted molar refractivity (Wildman–Crippen MR) is 75.5 cm³/mol. The van der Waals surface area contributed by atoms with E-state index in [0.717, 1.165) is 12.2 Å². The number of carboxylic acid groups (broad SMARTS) is 2. The van der Waals surface area contributed by atoms with E-state index in [1.807, 2.05) is 0 Å². The highest BCUT2D eigenvalue weighted by atomic mass is 16.6. The molecule has 0 aliphatic heterocycles. The van der Waals surface area contributed by atoms with Crippen molar-refractivity contribution in [3.05, 3.63) is 24.3 Å². The van der Waals surface area contributed by atoms with Crippen LogP contribution in [0.1, 0.15) is 13.8 Å². The number of carbonyl (C=O) groups is 4. The summed E-state index contributed by atoms with van der Waals surface area (Å²) >= 11 is 0. The van der Waals surface area contributed by atoms with E-state index in [0.29, 0.717) is 12.2 Å². The first-order valence-electron chi connectivity index (χ1n) is 6.51. The molecule has 2 N–H and O–H groups in total. The van der Waals surface area contributed by atoms with Gasteiger partial charge in [0.1, 0.15) is 12.7 Å². The number of aliphatic carboxylic acids is 2. The van der Waals surface area contributed by atoms with Crippen molar-refractivity contribution in [3.63, 3.8) is 0 Å². The molecule has 0 radical (unpaired) electrons. The molecule has 0 spiro atoms. The van der Waals surface area contributed by atoms with Crippen LogP contribution >= 0.6 is 0 Å². The summed E-state index contributed by atoms with van der Waals surface area (Å²) in [5, 5.41) is 16.7. The number of rotatable bonds is 10. The van der Waals surface area contributed by atoms with Crippen molar-refractivity contribution in [1.82, 2.24) is 0 Å². The fourth-order valence-electron chi connectivity index (χ4n) is 1.15. The van der Waals surface area contributed by atoms with Gasteiger partial charge in [0.2, 0.25) is 0 Å². The van der Waals surface area contributed by atoms with Crippen LogP contribution in [-0.2, 0) is 33.4 Å². The molecule has 0 fully saturated rings. The monoisotopic (exact) mass is 330 g/mol. The first-order chi connectivity index (χ1) is 10.7. The van der Waals surface area contributed by atoms with Gasteiger partial charge in [0, 0.05) is 24.3 Å². The van der Waals surface area contributed by atoms with Gasteiger partial charge in [-0.1, -0.05) is 0 Å². The minimum absolute atomic E-state index is 0.0103. The molecule has 0 saturated heterocycles. The Morgan fingerprint density at radius 3 is 1.87 bits per heavy atom. The van der Waals surface area contributed by atoms with Gasteiger partial charge in [-0.25, -0.2) is 19.2 Å². The molecule has 0 bridgehead atoms. The quantitative estimate of drug-likeness (QED) is 0.423. The van der Waals surface area contributed by atoms with Crippen molar-refractivity contribution in [3.8, 4) is 0 Å². The standard InChI is InChI=1S/C14H18O9/c1-9(7-22-13(19)5-3-11(15)16)21-8-10(2)23-14(20)6-4-12(17)18/h3-6,9-10H,7-8H2,1-2H3,(H,15,16)(H,17,18)/b5-3+,6-4+. The van der Waals surface area contributed by atoms with Crippen molar-refractivity contribution in [2.75, 3.05) is 13.2 Å². The van der Waals surface area contributed by atoms with Crippen molar-refractivity contribution < 1.29 is 43.6 Å². The fraction of sp³-hybridized carbons (Fsp3) is 0.429. The zero-order valence-corrected chi connectivity index (χ0v) is 12.6. The van der Waals surface area contributed by atoms with Crippen LogP contribution in [0.3, 0.4) is 0 Å². The molecule has 0 amide bonds. The van der Waals surface area contributed by atoms with Gasteiger partial charge in [-0.05, 0) is 13.8 Å². The Balaban J connectivity index is 3.98. The smallest absolute Gasteiger partial charge is 0.331 e. The summed E-state index contributed by atoms with van der Waals surface area (Å²) in [6.07, 6.45) is 1.72. The maximum absolute atomic E-state index is 11.2. The van der Waals surface area contributed by atoms with Gasteiger partial charge < -0.3 is 24.4 Å². The summed E-state index contributed by atoms with van der Waals surface area (Å²) < 4.78 is 14.8. The molecular formula is C14H18O9. The number of hydrogen-bond donors (Lipinski definition) is 2. The van der Waals surface area contributed by atoms with Crippen LogP contribution in [0.2, 0.25) is 0 Å². The molecule has 9 heteroatoms. The van der Waals surface area contributed by atoms with Gasteiger partial charge in [0.15, 0.2) is 0 Å². The highest BCUT2D eigenvalue weighted by Gasteiger charge is 2.11. The zero-order valence-electron chi connectivity index (χ0n) is 12.6. The third-order valence-corrected chi connectivity index (χ3v) is 2.12. The average Bonchev–Trinajstić information content (AvgIpc) is 2.46. The van der Waals surface area contributed by atoms with Gasteiger partial charge >= 0.3 is 23.9 Å². The summed E-state index contributed by atoms with van der Waals surface area (Å²) in [7, 11) is 0. The van der Waals surface area contributed by atoms with E-state index in [9.17, 15) is 19.2 Å². The second-order valence-electron chi connectivity index (χ2n) is 4.36. The van der Waals surface area contributed by atoms with Crippen molar-refractivity contribution in [1.29, 1.82) is 0 Å². The Bertz CT molecular complexity index is 492. The lowest BCUT2D eigenvalue weighted by Crippen LogP contribution is -2.25.